The monoisotopic (exact) mass is 306 g/mol. The average Bonchev–Trinajstić information content (AvgIpc) is 2.80. The first-order valence-electron chi connectivity index (χ1n) is 6.18. The van der Waals surface area contributed by atoms with Gasteiger partial charge in [0.1, 0.15) is 5.52 Å². The van der Waals surface area contributed by atoms with Gasteiger partial charge in [0.15, 0.2) is 11.5 Å². The van der Waals surface area contributed by atoms with Gasteiger partial charge in [-0.3, -0.25) is 0 Å². The molecule has 0 aliphatic heterocycles. The second-order valence-corrected chi connectivity index (χ2v) is 5.40. The molecule has 2 N–H and O–H groups in total. The highest BCUT2D eigenvalue weighted by Gasteiger charge is 2.15. The van der Waals surface area contributed by atoms with Gasteiger partial charge in [-0.15, -0.1) is 0 Å². The summed E-state index contributed by atoms with van der Waals surface area (Å²) in [4.78, 5) is 4.41. The summed E-state index contributed by atoms with van der Waals surface area (Å²) in [5.74, 6) is 0.602. The maximum Gasteiger partial charge on any atom is 0.197 e. The number of fused-ring (bicyclic) bond motifs is 1. The Hall–Kier alpha value is -1.55. The number of aromatic nitrogens is 1. The molecule has 1 aromatic heterocycles. The largest absolute Gasteiger partial charge is 0.441 e. The second-order valence-electron chi connectivity index (χ2n) is 4.55. The second kappa shape index (κ2) is 5.44. The van der Waals surface area contributed by atoms with E-state index in [0.29, 0.717) is 22.4 Å². The number of nitrogens with two attached hydrogens (primary N) is 1. The van der Waals surface area contributed by atoms with Gasteiger partial charge in [0.05, 0.1) is 0 Å². The van der Waals surface area contributed by atoms with E-state index in [1.54, 1.807) is 12.1 Å². The molecule has 1 atom stereocenters. The standard InChI is InChI=1S/C15H12Cl2N2O/c16-9-5-6-10(11(17)7-9)12(18)8-15-19-13-3-1-2-4-14(13)20-15/h1-7,12H,8,18H2. The van der Waals surface area contributed by atoms with Crippen LogP contribution < -0.4 is 5.73 Å². The Morgan fingerprint density at radius 2 is 1.95 bits per heavy atom. The van der Waals surface area contributed by atoms with Crippen molar-refractivity contribution in [3.8, 4) is 0 Å². The summed E-state index contributed by atoms with van der Waals surface area (Å²) < 4.78 is 5.66. The number of nitrogens with zero attached hydrogens (tertiary/aromatic N) is 1. The van der Waals surface area contributed by atoms with Crippen molar-refractivity contribution in [2.24, 2.45) is 5.73 Å². The predicted molar refractivity (Wildman–Crippen MR) is 81.1 cm³/mol. The van der Waals surface area contributed by atoms with E-state index in [4.69, 9.17) is 33.4 Å². The number of halogens is 2. The van der Waals surface area contributed by atoms with Crippen LogP contribution in [0.25, 0.3) is 11.1 Å². The Balaban J connectivity index is 1.86. The molecule has 3 rings (SSSR count). The molecule has 3 aromatic rings. The van der Waals surface area contributed by atoms with E-state index in [-0.39, 0.29) is 6.04 Å². The Bertz CT molecular complexity index is 721. The summed E-state index contributed by atoms with van der Waals surface area (Å²) in [5, 5.41) is 1.15. The number of para-hydroxylation sites is 2. The summed E-state index contributed by atoms with van der Waals surface area (Å²) in [5.41, 5.74) is 8.60. The van der Waals surface area contributed by atoms with Crippen molar-refractivity contribution in [1.29, 1.82) is 0 Å². The van der Waals surface area contributed by atoms with Crippen LogP contribution in [-0.4, -0.2) is 4.98 Å². The quantitative estimate of drug-likeness (QED) is 0.781. The molecular formula is C15H12Cl2N2O. The molecule has 2 aromatic carbocycles. The van der Waals surface area contributed by atoms with Gasteiger partial charge >= 0.3 is 0 Å². The smallest absolute Gasteiger partial charge is 0.197 e. The fourth-order valence-corrected chi connectivity index (χ4v) is 2.66. The van der Waals surface area contributed by atoms with E-state index in [1.165, 1.54) is 0 Å². The molecule has 3 nitrogen and oxygen atoms in total. The van der Waals surface area contributed by atoms with Gasteiger partial charge in [-0.05, 0) is 29.8 Å². The fourth-order valence-electron chi connectivity index (χ4n) is 2.11. The normalized spacial score (nSPS) is 12.8. The minimum Gasteiger partial charge on any atom is -0.441 e. The highest BCUT2D eigenvalue weighted by Crippen LogP contribution is 2.27. The first kappa shape index (κ1) is 13.4. The summed E-state index contributed by atoms with van der Waals surface area (Å²) >= 11 is 12.0. The molecule has 102 valence electrons. The first-order chi connectivity index (χ1) is 9.63. The summed E-state index contributed by atoms with van der Waals surface area (Å²) in [7, 11) is 0. The summed E-state index contributed by atoms with van der Waals surface area (Å²) in [6.07, 6.45) is 0.482. The molecular weight excluding hydrogens is 295 g/mol. The minimum atomic E-state index is -0.284. The number of hydrogen-bond donors (Lipinski definition) is 1. The number of hydrogen-bond acceptors (Lipinski definition) is 3. The predicted octanol–water partition coefficient (Wildman–Crippen LogP) is 4.38. The zero-order valence-corrected chi connectivity index (χ0v) is 12.0. The maximum absolute atomic E-state index is 6.17. The molecule has 1 heterocycles. The van der Waals surface area contributed by atoms with Crippen molar-refractivity contribution >= 4 is 34.3 Å². The lowest BCUT2D eigenvalue weighted by molar-refractivity contribution is 0.502. The van der Waals surface area contributed by atoms with Gasteiger partial charge in [-0.25, -0.2) is 4.98 Å². The molecule has 0 bridgehead atoms. The van der Waals surface area contributed by atoms with E-state index in [9.17, 15) is 0 Å². The highest BCUT2D eigenvalue weighted by molar-refractivity contribution is 6.35. The van der Waals surface area contributed by atoms with Crippen LogP contribution in [0.2, 0.25) is 10.0 Å². The molecule has 20 heavy (non-hydrogen) atoms. The topological polar surface area (TPSA) is 52.0 Å². The van der Waals surface area contributed by atoms with Crippen molar-refractivity contribution in [2.45, 2.75) is 12.5 Å². The number of benzene rings is 2. The fraction of sp³-hybridized carbons (Fsp3) is 0.133. The van der Waals surface area contributed by atoms with Crippen LogP contribution in [0.5, 0.6) is 0 Å². The Morgan fingerprint density at radius 3 is 2.70 bits per heavy atom. The third-order valence-corrected chi connectivity index (χ3v) is 3.66. The third-order valence-electron chi connectivity index (χ3n) is 3.09. The van der Waals surface area contributed by atoms with Crippen molar-refractivity contribution in [1.82, 2.24) is 4.98 Å². The van der Waals surface area contributed by atoms with Gasteiger partial charge in [0, 0.05) is 22.5 Å². The SMILES string of the molecule is NC(Cc1nc2ccccc2o1)c1ccc(Cl)cc1Cl. The summed E-state index contributed by atoms with van der Waals surface area (Å²) in [6.45, 7) is 0. The lowest BCUT2D eigenvalue weighted by Crippen LogP contribution is -2.14. The van der Waals surface area contributed by atoms with Crippen LogP contribution in [-0.2, 0) is 6.42 Å². The summed E-state index contributed by atoms with van der Waals surface area (Å²) in [6, 6.07) is 12.6. The van der Waals surface area contributed by atoms with Gasteiger partial charge in [-0.1, -0.05) is 41.4 Å². The lowest BCUT2D eigenvalue weighted by Gasteiger charge is -2.11. The zero-order valence-electron chi connectivity index (χ0n) is 10.5. The van der Waals surface area contributed by atoms with Crippen molar-refractivity contribution in [2.75, 3.05) is 0 Å². The minimum absolute atomic E-state index is 0.284. The van der Waals surface area contributed by atoms with Crippen LogP contribution in [0.3, 0.4) is 0 Å². The molecule has 0 spiro atoms. The van der Waals surface area contributed by atoms with Crippen molar-refractivity contribution < 1.29 is 4.42 Å². The van der Waals surface area contributed by atoms with Crippen molar-refractivity contribution in [3.05, 3.63) is 64.0 Å². The maximum atomic E-state index is 6.17. The number of rotatable bonds is 3. The van der Waals surface area contributed by atoms with Crippen LogP contribution in [0.1, 0.15) is 17.5 Å². The molecule has 0 saturated carbocycles. The van der Waals surface area contributed by atoms with E-state index in [0.717, 1.165) is 16.7 Å². The molecule has 0 aliphatic rings. The lowest BCUT2D eigenvalue weighted by atomic mass is 10.0. The van der Waals surface area contributed by atoms with Crippen LogP contribution >= 0.6 is 23.2 Å². The highest BCUT2D eigenvalue weighted by atomic mass is 35.5. The zero-order chi connectivity index (χ0) is 14.1. The molecule has 0 radical (unpaired) electrons. The van der Waals surface area contributed by atoms with E-state index in [2.05, 4.69) is 4.98 Å². The first-order valence-corrected chi connectivity index (χ1v) is 6.94. The average molecular weight is 307 g/mol. The molecule has 0 amide bonds. The van der Waals surface area contributed by atoms with Crippen LogP contribution in [0.4, 0.5) is 0 Å². The van der Waals surface area contributed by atoms with E-state index >= 15 is 0 Å². The van der Waals surface area contributed by atoms with Crippen molar-refractivity contribution in [3.63, 3.8) is 0 Å². The van der Waals surface area contributed by atoms with E-state index < -0.39 is 0 Å². The Labute approximate surface area is 126 Å². The van der Waals surface area contributed by atoms with Crippen LogP contribution in [0.15, 0.2) is 46.9 Å². The van der Waals surface area contributed by atoms with Gasteiger partial charge in [0.2, 0.25) is 0 Å². The molecule has 5 heteroatoms. The molecule has 0 fully saturated rings. The number of oxazole rings is 1. The third kappa shape index (κ3) is 2.66. The molecule has 0 aliphatic carbocycles. The molecule has 0 saturated heterocycles. The van der Waals surface area contributed by atoms with Gasteiger partial charge in [0.25, 0.3) is 0 Å². The molecule has 1 unspecified atom stereocenters. The Morgan fingerprint density at radius 1 is 1.15 bits per heavy atom. The van der Waals surface area contributed by atoms with Gasteiger partial charge < -0.3 is 10.2 Å². The van der Waals surface area contributed by atoms with E-state index in [1.807, 2.05) is 30.3 Å². The van der Waals surface area contributed by atoms with Crippen LogP contribution in [0, 0.1) is 0 Å². The van der Waals surface area contributed by atoms with Gasteiger partial charge in [-0.2, -0.15) is 0 Å². The Kier molecular flexibility index (Phi) is 3.66.